The number of benzene rings is 1. The van der Waals surface area contributed by atoms with Crippen molar-refractivity contribution in [3.8, 4) is 5.75 Å². The van der Waals surface area contributed by atoms with Gasteiger partial charge in [0.25, 0.3) is 0 Å². The summed E-state index contributed by atoms with van der Waals surface area (Å²) >= 11 is 0. The third-order valence-electron chi connectivity index (χ3n) is 3.79. The molecule has 4 nitrogen and oxygen atoms in total. The number of carbonyl (C=O) groups excluding carboxylic acids is 1. The molecule has 2 N–H and O–H groups in total. The molecule has 4 heteroatoms. The average Bonchev–Trinajstić information content (AvgIpc) is 2.98. The minimum atomic E-state index is 0.0257. The zero-order valence-corrected chi connectivity index (χ0v) is 11.5. The van der Waals surface area contributed by atoms with Gasteiger partial charge < -0.3 is 15.4 Å². The second kappa shape index (κ2) is 6.57. The topological polar surface area (TPSA) is 55.6 Å². The Balaban J connectivity index is 2.17. The minimum absolute atomic E-state index is 0.0257. The molecular weight excluding hydrogens is 240 g/mol. The van der Waals surface area contributed by atoms with Crippen LogP contribution in [-0.4, -0.2) is 30.5 Å². The highest BCUT2D eigenvalue weighted by Gasteiger charge is 2.26. The highest BCUT2D eigenvalue weighted by Crippen LogP contribution is 2.27. The van der Waals surface area contributed by atoms with Gasteiger partial charge in [-0.15, -0.1) is 0 Å². The fraction of sp³-hybridized carbons (Fsp3) is 0.533. The van der Waals surface area contributed by atoms with E-state index >= 15 is 0 Å². The molecule has 0 unspecified atom stereocenters. The molecule has 0 spiro atoms. The molecule has 1 fully saturated rings. The van der Waals surface area contributed by atoms with E-state index in [0.717, 1.165) is 24.2 Å². The molecule has 1 saturated carbocycles. The molecule has 0 bridgehead atoms. The van der Waals surface area contributed by atoms with Crippen molar-refractivity contribution < 1.29 is 9.53 Å². The van der Waals surface area contributed by atoms with E-state index in [4.69, 9.17) is 10.5 Å². The van der Waals surface area contributed by atoms with Crippen molar-refractivity contribution in [3.63, 3.8) is 0 Å². The van der Waals surface area contributed by atoms with Gasteiger partial charge in [0.15, 0.2) is 0 Å². The van der Waals surface area contributed by atoms with Crippen LogP contribution in [0.15, 0.2) is 24.3 Å². The second-order valence-corrected chi connectivity index (χ2v) is 4.98. The first-order chi connectivity index (χ1) is 9.26. The van der Waals surface area contributed by atoms with Gasteiger partial charge in [-0.3, -0.25) is 4.79 Å². The summed E-state index contributed by atoms with van der Waals surface area (Å²) in [6, 6.07) is 8.17. The largest absolute Gasteiger partial charge is 0.496 e. The minimum Gasteiger partial charge on any atom is -0.496 e. The predicted molar refractivity (Wildman–Crippen MR) is 74.9 cm³/mol. The number of hydrogen-bond donors (Lipinski definition) is 1. The van der Waals surface area contributed by atoms with E-state index in [1.54, 1.807) is 7.11 Å². The normalized spacial score (nSPS) is 15.5. The first kappa shape index (κ1) is 13.9. The summed E-state index contributed by atoms with van der Waals surface area (Å²) in [5, 5.41) is 0. The summed E-state index contributed by atoms with van der Waals surface area (Å²) in [5.41, 5.74) is 6.58. The summed E-state index contributed by atoms with van der Waals surface area (Å²) in [5.74, 6) is 0.855. The Morgan fingerprint density at radius 3 is 2.68 bits per heavy atom. The van der Waals surface area contributed by atoms with Crippen molar-refractivity contribution in [2.75, 3.05) is 13.7 Å². The van der Waals surface area contributed by atoms with Crippen LogP contribution in [0.1, 0.15) is 31.2 Å². The zero-order chi connectivity index (χ0) is 13.7. The molecule has 104 valence electrons. The number of carbonyl (C=O) groups is 1. The van der Waals surface area contributed by atoms with Gasteiger partial charge >= 0.3 is 0 Å². The van der Waals surface area contributed by atoms with Gasteiger partial charge in [-0.25, -0.2) is 0 Å². The Hall–Kier alpha value is -1.55. The van der Waals surface area contributed by atoms with Crippen LogP contribution in [0.2, 0.25) is 0 Å². The number of para-hydroxylation sites is 1. The molecule has 1 aliphatic carbocycles. The van der Waals surface area contributed by atoms with Gasteiger partial charge in [0.1, 0.15) is 5.75 Å². The standard InChI is InChI=1S/C15H22N2O2/c1-19-14-9-5-2-6-12(14)11-17(15(18)10-16)13-7-3-4-8-13/h2,5-6,9,13H,3-4,7-8,10-11,16H2,1H3. The third-order valence-corrected chi connectivity index (χ3v) is 3.79. The number of nitrogens with zero attached hydrogens (tertiary/aromatic N) is 1. The van der Waals surface area contributed by atoms with Gasteiger partial charge in [-0.2, -0.15) is 0 Å². The van der Waals surface area contributed by atoms with Crippen LogP contribution in [0.25, 0.3) is 0 Å². The van der Waals surface area contributed by atoms with Crippen LogP contribution in [0.4, 0.5) is 0 Å². The lowest BCUT2D eigenvalue weighted by Crippen LogP contribution is -2.41. The van der Waals surface area contributed by atoms with Gasteiger partial charge in [-0.1, -0.05) is 31.0 Å². The Bertz CT molecular complexity index is 428. The molecule has 0 heterocycles. The molecule has 0 atom stereocenters. The van der Waals surface area contributed by atoms with Crippen LogP contribution in [0.3, 0.4) is 0 Å². The molecule has 0 radical (unpaired) electrons. The summed E-state index contributed by atoms with van der Waals surface area (Å²) in [7, 11) is 1.66. The van der Waals surface area contributed by atoms with E-state index < -0.39 is 0 Å². The molecule has 0 aliphatic heterocycles. The lowest BCUT2D eigenvalue weighted by Gasteiger charge is -2.29. The molecule has 0 saturated heterocycles. The molecule has 1 amide bonds. The summed E-state index contributed by atoms with van der Waals surface area (Å²) in [4.78, 5) is 14.0. The summed E-state index contributed by atoms with van der Waals surface area (Å²) < 4.78 is 5.35. The number of amides is 1. The molecule has 0 aromatic heterocycles. The Morgan fingerprint density at radius 2 is 2.05 bits per heavy atom. The lowest BCUT2D eigenvalue weighted by molar-refractivity contribution is -0.132. The average molecular weight is 262 g/mol. The molecule has 1 aromatic rings. The first-order valence-corrected chi connectivity index (χ1v) is 6.87. The fourth-order valence-corrected chi connectivity index (χ4v) is 2.77. The second-order valence-electron chi connectivity index (χ2n) is 4.98. The van der Waals surface area contributed by atoms with Gasteiger partial charge in [0, 0.05) is 18.2 Å². The maximum Gasteiger partial charge on any atom is 0.236 e. The van der Waals surface area contributed by atoms with Crippen LogP contribution in [0, 0.1) is 0 Å². The van der Waals surface area contributed by atoms with E-state index in [2.05, 4.69) is 0 Å². The molecule has 19 heavy (non-hydrogen) atoms. The number of nitrogens with two attached hydrogens (primary N) is 1. The van der Waals surface area contributed by atoms with Crippen molar-refractivity contribution in [1.29, 1.82) is 0 Å². The van der Waals surface area contributed by atoms with Crippen LogP contribution in [-0.2, 0) is 11.3 Å². The lowest BCUT2D eigenvalue weighted by atomic mass is 10.1. The van der Waals surface area contributed by atoms with Crippen molar-refractivity contribution in [2.24, 2.45) is 5.73 Å². The van der Waals surface area contributed by atoms with Gasteiger partial charge in [-0.05, 0) is 18.9 Å². The van der Waals surface area contributed by atoms with Crippen LogP contribution in [0.5, 0.6) is 5.75 Å². The van der Waals surface area contributed by atoms with E-state index in [1.165, 1.54) is 12.8 Å². The highest BCUT2D eigenvalue weighted by molar-refractivity contribution is 5.78. The van der Waals surface area contributed by atoms with Crippen molar-refractivity contribution in [1.82, 2.24) is 4.90 Å². The summed E-state index contributed by atoms with van der Waals surface area (Å²) in [6.07, 6.45) is 4.57. The Morgan fingerprint density at radius 1 is 1.37 bits per heavy atom. The predicted octanol–water partition coefficient (Wildman–Crippen LogP) is 1.93. The van der Waals surface area contributed by atoms with Crippen molar-refractivity contribution in [2.45, 2.75) is 38.3 Å². The van der Waals surface area contributed by atoms with Gasteiger partial charge in [0.05, 0.1) is 13.7 Å². The van der Waals surface area contributed by atoms with Crippen LogP contribution >= 0.6 is 0 Å². The van der Waals surface area contributed by atoms with E-state index in [0.29, 0.717) is 12.6 Å². The smallest absolute Gasteiger partial charge is 0.236 e. The van der Waals surface area contributed by atoms with Gasteiger partial charge in [0.2, 0.25) is 5.91 Å². The zero-order valence-electron chi connectivity index (χ0n) is 11.5. The Labute approximate surface area is 114 Å². The quantitative estimate of drug-likeness (QED) is 0.882. The molecule has 2 rings (SSSR count). The van der Waals surface area contributed by atoms with Crippen molar-refractivity contribution >= 4 is 5.91 Å². The molecular formula is C15H22N2O2. The Kier molecular flexibility index (Phi) is 4.80. The van der Waals surface area contributed by atoms with Crippen LogP contribution < -0.4 is 10.5 Å². The number of hydrogen-bond acceptors (Lipinski definition) is 3. The number of ether oxygens (including phenoxy) is 1. The first-order valence-electron chi connectivity index (χ1n) is 6.87. The maximum atomic E-state index is 12.1. The van der Waals surface area contributed by atoms with E-state index in [9.17, 15) is 4.79 Å². The fourth-order valence-electron chi connectivity index (χ4n) is 2.77. The number of rotatable bonds is 5. The monoisotopic (exact) mass is 262 g/mol. The molecule has 1 aromatic carbocycles. The SMILES string of the molecule is COc1ccccc1CN(C(=O)CN)C1CCCC1. The number of methoxy groups -OCH3 is 1. The van der Waals surface area contributed by atoms with E-state index in [1.807, 2.05) is 29.2 Å². The third kappa shape index (κ3) is 3.26. The summed E-state index contributed by atoms with van der Waals surface area (Å²) in [6.45, 7) is 0.663. The maximum absolute atomic E-state index is 12.1. The van der Waals surface area contributed by atoms with Crippen molar-refractivity contribution in [3.05, 3.63) is 29.8 Å². The molecule has 1 aliphatic rings. The van der Waals surface area contributed by atoms with E-state index in [-0.39, 0.29) is 12.5 Å². The highest BCUT2D eigenvalue weighted by atomic mass is 16.5.